The number of carbonyl (C=O) groups is 1. The van der Waals surface area contributed by atoms with Crippen molar-refractivity contribution in [2.75, 3.05) is 12.3 Å². The van der Waals surface area contributed by atoms with Gasteiger partial charge in [0, 0.05) is 24.9 Å². The fourth-order valence-electron chi connectivity index (χ4n) is 2.82. The van der Waals surface area contributed by atoms with E-state index in [1.807, 2.05) is 30.3 Å². The van der Waals surface area contributed by atoms with Crippen LogP contribution in [-0.2, 0) is 27.9 Å². The summed E-state index contributed by atoms with van der Waals surface area (Å²) in [5.74, 6) is -0.488. The van der Waals surface area contributed by atoms with Crippen LogP contribution < -0.4 is 15.5 Å². The Labute approximate surface area is 168 Å². The van der Waals surface area contributed by atoms with Gasteiger partial charge in [0.15, 0.2) is 0 Å². The van der Waals surface area contributed by atoms with E-state index in [1.165, 1.54) is 6.20 Å². The van der Waals surface area contributed by atoms with Crippen molar-refractivity contribution in [2.24, 2.45) is 0 Å². The highest BCUT2D eigenvalue weighted by Crippen LogP contribution is 2.08. The Bertz CT molecular complexity index is 1140. The average molecular weight is 414 g/mol. The van der Waals surface area contributed by atoms with Crippen LogP contribution in [0.3, 0.4) is 0 Å². The van der Waals surface area contributed by atoms with E-state index in [-0.39, 0.29) is 43.1 Å². The minimum Gasteiger partial charge on any atom is -0.355 e. The third-order valence-corrected chi connectivity index (χ3v) is 5.67. The second-order valence-electron chi connectivity index (χ2n) is 6.47. The molecule has 0 atom stereocenters. The summed E-state index contributed by atoms with van der Waals surface area (Å²) in [5.41, 5.74) is 1.34. The number of sulfonamides is 1. The van der Waals surface area contributed by atoms with Gasteiger partial charge in [-0.3, -0.25) is 14.3 Å². The van der Waals surface area contributed by atoms with Gasteiger partial charge in [0.1, 0.15) is 0 Å². The standard InChI is InChI=1S/C20H22N4O4S/c25-19-15-22-24(18-9-5-4-8-17(18)19)12-10-20(26)21-11-13-29(27,28)23-14-16-6-2-1-3-7-16/h1-9,15,23H,10-14H2,(H,21,26). The molecule has 0 radical (unpaired) electrons. The van der Waals surface area contributed by atoms with Gasteiger partial charge in [0.05, 0.1) is 24.0 Å². The molecule has 2 aromatic carbocycles. The van der Waals surface area contributed by atoms with Gasteiger partial charge in [-0.25, -0.2) is 13.1 Å². The summed E-state index contributed by atoms with van der Waals surface area (Å²) < 4.78 is 28.2. The maximum atomic E-state index is 12.1. The Balaban J connectivity index is 1.46. The first-order valence-electron chi connectivity index (χ1n) is 9.17. The predicted molar refractivity (Wildman–Crippen MR) is 111 cm³/mol. The van der Waals surface area contributed by atoms with Crippen molar-refractivity contribution in [1.29, 1.82) is 0 Å². The van der Waals surface area contributed by atoms with Gasteiger partial charge in [-0.05, 0) is 17.7 Å². The second-order valence-corrected chi connectivity index (χ2v) is 8.40. The number of aromatic nitrogens is 2. The molecule has 0 spiro atoms. The number of aryl methyl sites for hydroxylation is 1. The summed E-state index contributed by atoms with van der Waals surface area (Å²) >= 11 is 0. The van der Waals surface area contributed by atoms with Gasteiger partial charge in [-0.2, -0.15) is 5.10 Å². The summed E-state index contributed by atoms with van der Waals surface area (Å²) in [7, 11) is -3.49. The number of hydrogen-bond donors (Lipinski definition) is 2. The van der Waals surface area contributed by atoms with Crippen LogP contribution in [0, 0.1) is 0 Å². The van der Waals surface area contributed by atoms with E-state index >= 15 is 0 Å². The van der Waals surface area contributed by atoms with Crippen LogP contribution in [0.2, 0.25) is 0 Å². The molecule has 1 amide bonds. The van der Waals surface area contributed by atoms with E-state index in [0.29, 0.717) is 10.9 Å². The second kappa shape index (κ2) is 9.44. The zero-order chi connectivity index (χ0) is 20.7. The van der Waals surface area contributed by atoms with Crippen LogP contribution in [0.4, 0.5) is 0 Å². The highest BCUT2D eigenvalue weighted by Gasteiger charge is 2.11. The molecule has 2 N–H and O–H groups in total. The zero-order valence-corrected chi connectivity index (χ0v) is 16.6. The molecule has 0 saturated heterocycles. The number of fused-ring (bicyclic) bond motifs is 1. The Morgan fingerprint density at radius 2 is 1.76 bits per heavy atom. The molecule has 0 aliphatic heterocycles. The Morgan fingerprint density at radius 3 is 2.55 bits per heavy atom. The zero-order valence-electron chi connectivity index (χ0n) is 15.7. The summed E-state index contributed by atoms with van der Waals surface area (Å²) in [5, 5.41) is 7.22. The number of nitrogens with one attached hydrogen (secondary N) is 2. The van der Waals surface area contributed by atoms with Gasteiger partial charge >= 0.3 is 0 Å². The van der Waals surface area contributed by atoms with Crippen molar-refractivity contribution < 1.29 is 13.2 Å². The van der Waals surface area contributed by atoms with Gasteiger partial charge in [0.25, 0.3) is 0 Å². The van der Waals surface area contributed by atoms with E-state index in [1.54, 1.807) is 28.9 Å². The first-order valence-corrected chi connectivity index (χ1v) is 10.8. The number of rotatable bonds is 9. The lowest BCUT2D eigenvalue weighted by Gasteiger charge is -2.10. The van der Waals surface area contributed by atoms with Crippen molar-refractivity contribution in [1.82, 2.24) is 19.8 Å². The van der Waals surface area contributed by atoms with Crippen LogP contribution in [0.5, 0.6) is 0 Å². The van der Waals surface area contributed by atoms with E-state index in [9.17, 15) is 18.0 Å². The molecule has 9 heteroatoms. The highest BCUT2D eigenvalue weighted by atomic mass is 32.2. The molecule has 0 fully saturated rings. The summed E-state index contributed by atoms with van der Waals surface area (Å²) in [6.45, 7) is 0.509. The van der Waals surface area contributed by atoms with Crippen molar-refractivity contribution in [2.45, 2.75) is 19.5 Å². The molecule has 1 aromatic heterocycles. The molecular weight excluding hydrogens is 392 g/mol. The van der Waals surface area contributed by atoms with Gasteiger partial charge in [0.2, 0.25) is 21.4 Å². The topological polar surface area (TPSA) is 110 Å². The summed E-state index contributed by atoms with van der Waals surface area (Å²) in [6, 6.07) is 16.3. The van der Waals surface area contributed by atoms with Crippen LogP contribution in [0.1, 0.15) is 12.0 Å². The van der Waals surface area contributed by atoms with Crippen molar-refractivity contribution in [3.05, 3.63) is 76.6 Å². The lowest BCUT2D eigenvalue weighted by molar-refractivity contribution is -0.121. The number of nitrogens with zero attached hydrogens (tertiary/aromatic N) is 2. The fourth-order valence-corrected chi connectivity index (χ4v) is 3.72. The first-order chi connectivity index (χ1) is 13.9. The molecule has 3 rings (SSSR count). The highest BCUT2D eigenvalue weighted by molar-refractivity contribution is 7.89. The van der Waals surface area contributed by atoms with Crippen LogP contribution >= 0.6 is 0 Å². The van der Waals surface area contributed by atoms with E-state index in [4.69, 9.17) is 0 Å². The predicted octanol–water partition coefficient (Wildman–Crippen LogP) is 1.02. The maximum absolute atomic E-state index is 12.1. The molecule has 0 bridgehead atoms. The molecule has 152 valence electrons. The quantitative estimate of drug-likeness (QED) is 0.543. The summed E-state index contributed by atoms with van der Waals surface area (Å²) in [6.07, 6.45) is 1.35. The van der Waals surface area contributed by atoms with Crippen molar-refractivity contribution >= 4 is 26.8 Å². The normalized spacial score (nSPS) is 11.4. The lowest BCUT2D eigenvalue weighted by Crippen LogP contribution is -2.34. The van der Waals surface area contributed by atoms with E-state index in [0.717, 1.165) is 5.56 Å². The van der Waals surface area contributed by atoms with Gasteiger partial charge in [-0.15, -0.1) is 0 Å². The molecule has 0 unspecified atom stereocenters. The Hall–Kier alpha value is -3.04. The van der Waals surface area contributed by atoms with Crippen molar-refractivity contribution in [3.8, 4) is 0 Å². The number of hydrogen-bond acceptors (Lipinski definition) is 5. The number of benzene rings is 2. The third-order valence-electron chi connectivity index (χ3n) is 4.34. The molecule has 8 nitrogen and oxygen atoms in total. The van der Waals surface area contributed by atoms with Gasteiger partial charge in [-0.1, -0.05) is 42.5 Å². The summed E-state index contributed by atoms with van der Waals surface area (Å²) in [4.78, 5) is 23.9. The fraction of sp³-hybridized carbons (Fsp3) is 0.250. The number of para-hydroxylation sites is 1. The Kier molecular flexibility index (Phi) is 6.73. The average Bonchev–Trinajstić information content (AvgIpc) is 2.73. The van der Waals surface area contributed by atoms with Gasteiger partial charge < -0.3 is 5.32 Å². The first kappa shape index (κ1) is 20.7. The van der Waals surface area contributed by atoms with E-state index < -0.39 is 10.0 Å². The number of amides is 1. The molecule has 29 heavy (non-hydrogen) atoms. The molecule has 0 aliphatic carbocycles. The minimum atomic E-state index is -3.49. The molecule has 1 heterocycles. The molecule has 0 aliphatic rings. The lowest BCUT2D eigenvalue weighted by atomic mass is 10.2. The maximum Gasteiger partial charge on any atom is 0.221 e. The minimum absolute atomic E-state index is 0.0152. The Morgan fingerprint density at radius 1 is 1.03 bits per heavy atom. The van der Waals surface area contributed by atoms with Crippen LogP contribution in [0.15, 0.2) is 65.6 Å². The van der Waals surface area contributed by atoms with Crippen LogP contribution in [0.25, 0.3) is 10.9 Å². The van der Waals surface area contributed by atoms with E-state index in [2.05, 4.69) is 15.1 Å². The number of carbonyl (C=O) groups excluding carboxylic acids is 1. The smallest absolute Gasteiger partial charge is 0.221 e. The molecule has 3 aromatic rings. The molecular formula is C20H22N4O4S. The van der Waals surface area contributed by atoms with Crippen LogP contribution in [-0.4, -0.2) is 36.4 Å². The SMILES string of the molecule is O=C(CCn1ncc(=O)c2ccccc21)NCCS(=O)(=O)NCc1ccccc1. The largest absolute Gasteiger partial charge is 0.355 e. The van der Waals surface area contributed by atoms with Crippen molar-refractivity contribution in [3.63, 3.8) is 0 Å². The molecule has 0 saturated carbocycles. The monoisotopic (exact) mass is 414 g/mol. The third kappa shape index (κ3) is 5.97.